The highest BCUT2D eigenvalue weighted by atomic mass is 19.1. The zero-order valence-electron chi connectivity index (χ0n) is 11.3. The third-order valence-corrected chi connectivity index (χ3v) is 3.66. The van der Waals surface area contributed by atoms with Crippen molar-refractivity contribution < 1.29 is 19.1 Å². The molecule has 1 aromatic heterocycles. The number of hydrogen-bond acceptors (Lipinski definition) is 3. The maximum absolute atomic E-state index is 13.3. The number of aromatic nitrogens is 1. The number of carboxylic acids is 1. The summed E-state index contributed by atoms with van der Waals surface area (Å²) in [5.41, 5.74) is 0.101. The number of rotatable bonds is 3. The number of halogens is 1. The lowest BCUT2D eigenvalue weighted by Gasteiger charge is -2.14. The fourth-order valence-corrected chi connectivity index (χ4v) is 2.32. The molecule has 1 heterocycles. The standard InChI is InChI=1S/C15H13FN2O3/c1-8-6-11(10-3-2-9(16)7-12(10)17-8)13(19)18-15(4-5-15)14(20)21/h2-3,6-7H,4-5H2,1H3,(H,18,19)(H,20,21). The van der Waals surface area contributed by atoms with Crippen LogP contribution in [0.25, 0.3) is 10.9 Å². The van der Waals surface area contributed by atoms with Gasteiger partial charge in [0.25, 0.3) is 5.91 Å². The van der Waals surface area contributed by atoms with E-state index in [0.29, 0.717) is 35.0 Å². The molecule has 0 aliphatic heterocycles. The number of carbonyl (C=O) groups is 2. The predicted octanol–water partition coefficient (Wildman–Crippen LogP) is 2.03. The maximum atomic E-state index is 13.3. The first-order chi connectivity index (χ1) is 9.91. The Balaban J connectivity index is 2.03. The Morgan fingerprint density at radius 3 is 2.67 bits per heavy atom. The van der Waals surface area contributed by atoms with Gasteiger partial charge < -0.3 is 10.4 Å². The minimum atomic E-state index is -1.15. The van der Waals surface area contributed by atoms with E-state index in [-0.39, 0.29) is 0 Å². The van der Waals surface area contributed by atoms with Gasteiger partial charge in [-0.3, -0.25) is 9.78 Å². The molecule has 1 aromatic carbocycles. The first-order valence-corrected chi connectivity index (χ1v) is 6.54. The number of carboxylic acid groups (broad SMARTS) is 1. The molecule has 0 radical (unpaired) electrons. The molecule has 3 rings (SSSR count). The lowest BCUT2D eigenvalue weighted by Crippen LogP contribution is -2.43. The summed E-state index contributed by atoms with van der Waals surface area (Å²) in [5.74, 6) is -1.94. The second-order valence-electron chi connectivity index (χ2n) is 5.31. The Hall–Kier alpha value is -2.50. The van der Waals surface area contributed by atoms with Crippen LogP contribution >= 0.6 is 0 Å². The summed E-state index contributed by atoms with van der Waals surface area (Å²) in [6.07, 6.45) is 0.843. The third kappa shape index (κ3) is 2.33. The molecular formula is C15H13FN2O3. The number of amides is 1. The number of aliphatic carboxylic acids is 1. The van der Waals surface area contributed by atoms with Crippen molar-refractivity contribution in [1.29, 1.82) is 0 Å². The topological polar surface area (TPSA) is 79.3 Å². The van der Waals surface area contributed by atoms with E-state index in [0.717, 1.165) is 0 Å². The molecule has 1 amide bonds. The van der Waals surface area contributed by atoms with Gasteiger partial charge in [0.15, 0.2) is 0 Å². The number of hydrogen-bond donors (Lipinski definition) is 2. The lowest BCUT2D eigenvalue weighted by molar-refractivity contribution is -0.140. The van der Waals surface area contributed by atoms with Crippen LogP contribution in [-0.4, -0.2) is 27.5 Å². The Morgan fingerprint density at radius 2 is 2.05 bits per heavy atom. The van der Waals surface area contributed by atoms with E-state index in [9.17, 15) is 14.0 Å². The number of fused-ring (bicyclic) bond motifs is 1. The molecule has 0 atom stereocenters. The van der Waals surface area contributed by atoms with Gasteiger partial charge in [0, 0.05) is 17.1 Å². The van der Waals surface area contributed by atoms with Gasteiger partial charge in [0.2, 0.25) is 0 Å². The van der Waals surface area contributed by atoms with Crippen molar-refractivity contribution in [3.8, 4) is 0 Å². The van der Waals surface area contributed by atoms with Crippen LogP contribution in [-0.2, 0) is 4.79 Å². The first kappa shape index (κ1) is 13.5. The smallest absolute Gasteiger partial charge is 0.329 e. The van der Waals surface area contributed by atoms with Crippen molar-refractivity contribution in [2.24, 2.45) is 0 Å². The number of nitrogens with one attached hydrogen (secondary N) is 1. The second-order valence-corrected chi connectivity index (χ2v) is 5.31. The molecule has 0 unspecified atom stereocenters. The number of benzene rings is 1. The second kappa shape index (κ2) is 4.51. The van der Waals surface area contributed by atoms with E-state index in [1.807, 2.05) is 0 Å². The fraction of sp³-hybridized carbons (Fsp3) is 0.267. The van der Waals surface area contributed by atoms with Gasteiger partial charge in [-0.2, -0.15) is 0 Å². The number of nitrogens with zero attached hydrogens (tertiary/aromatic N) is 1. The number of aryl methyl sites for hydroxylation is 1. The minimum absolute atomic E-state index is 0.310. The predicted molar refractivity (Wildman–Crippen MR) is 73.5 cm³/mol. The number of pyridine rings is 1. The van der Waals surface area contributed by atoms with Crippen molar-refractivity contribution in [2.75, 3.05) is 0 Å². The molecule has 108 valence electrons. The summed E-state index contributed by atoms with van der Waals surface area (Å²) in [6.45, 7) is 1.70. The Morgan fingerprint density at radius 1 is 1.33 bits per heavy atom. The molecule has 1 aliphatic carbocycles. The maximum Gasteiger partial charge on any atom is 0.329 e. The Bertz CT molecular complexity index is 764. The van der Waals surface area contributed by atoms with E-state index in [4.69, 9.17) is 5.11 Å². The highest BCUT2D eigenvalue weighted by Crippen LogP contribution is 2.36. The van der Waals surface area contributed by atoms with Gasteiger partial charge in [-0.25, -0.2) is 9.18 Å². The molecule has 2 N–H and O–H groups in total. The summed E-state index contributed by atoms with van der Waals surface area (Å²) >= 11 is 0. The molecular weight excluding hydrogens is 275 g/mol. The van der Waals surface area contributed by atoms with E-state index in [1.165, 1.54) is 18.2 Å². The van der Waals surface area contributed by atoms with Crippen LogP contribution in [0.1, 0.15) is 28.9 Å². The quantitative estimate of drug-likeness (QED) is 0.905. The molecule has 2 aromatic rings. The molecule has 0 saturated heterocycles. The normalized spacial score (nSPS) is 15.7. The molecule has 0 spiro atoms. The van der Waals surface area contributed by atoms with Crippen LogP contribution in [0, 0.1) is 12.7 Å². The van der Waals surface area contributed by atoms with Gasteiger partial charge in [0.1, 0.15) is 11.4 Å². The SMILES string of the molecule is Cc1cc(C(=O)NC2(C(=O)O)CC2)c2ccc(F)cc2n1. The van der Waals surface area contributed by atoms with Crippen LogP contribution in [0.3, 0.4) is 0 Å². The summed E-state index contributed by atoms with van der Waals surface area (Å²) < 4.78 is 13.3. The molecule has 1 saturated carbocycles. The van der Waals surface area contributed by atoms with Crippen LogP contribution in [0.15, 0.2) is 24.3 Å². The van der Waals surface area contributed by atoms with E-state index in [1.54, 1.807) is 13.0 Å². The highest BCUT2D eigenvalue weighted by molar-refractivity contribution is 6.08. The minimum Gasteiger partial charge on any atom is -0.480 e. The molecule has 6 heteroatoms. The van der Waals surface area contributed by atoms with Crippen molar-refractivity contribution in [1.82, 2.24) is 10.3 Å². The Kier molecular flexibility index (Phi) is 2.90. The average molecular weight is 288 g/mol. The van der Waals surface area contributed by atoms with E-state index >= 15 is 0 Å². The van der Waals surface area contributed by atoms with Crippen LogP contribution in [0.4, 0.5) is 4.39 Å². The number of carbonyl (C=O) groups excluding carboxylic acids is 1. The van der Waals surface area contributed by atoms with E-state index < -0.39 is 23.2 Å². The average Bonchev–Trinajstić information content (AvgIpc) is 3.18. The van der Waals surface area contributed by atoms with Gasteiger partial charge in [-0.15, -0.1) is 0 Å². The zero-order chi connectivity index (χ0) is 15.2. The monoisotopic (exact) mass is 288 g/mol. The van der Waals surface area contributed by atoms with Crippen molar-refractivity contribution >= 4 is 22.8 Å². The summed E-state index contributed by atoms with van der Waals surface area (Å²) in [7, 11) is 0. The van der Waals surface area contributed by atoms with Gasteiger partial charge in [-0.05, 0) is 38.0 Å². The highest BCUT2D eigenvalue weighted by Gasteiger charge is 2.51. The van der Waals surface area contributed by atoms with Gasteiger partial charge >= 0.3 is 5.97 Å². The fourth-order valence-electron chi connectivity index (χ4n) is 2.32. The third-order valence-electron chi connectivity index (χ3n) is 3.66. The first-order valence-electron chi connectivity index (χ1n) is 6.54. The van der Waals surface area contributed by atoms with Gasteiger partial charge in [0.05, 0.1) is 11.1 Å². The summed E-state index contributed by atoms with van der Waals surface area (Å²) in [4.78, 5) is 27.7. The largest absolute Gasteiger partial charge is 0.480 e. The summed E-state index contributed by atoms with van der Waals surface area (Å²) in [5, 5.41) is 12.2. The molecule has 1 fully saturated rings. The van der Waals surface area contributed by atoms with Crippen molar-refractivity contribution in [3.63, 3.8) is 0 Å². The molecule has 21 heavy (non-hydrogen) atoms. The van der Waals surface area contributed by atoms with Crippen LogP contribution in [0.2, 0.25) is 0 Å². The van der Waals surface area contributed by atoms with E-state index in [2.05, 4.69) is 10.3 Å². The molecule has 1 aliphatic rings. The summed E-state index contributed by atoms with van der Waals surface area (Å²) in [6, 6.07) is 5.56. The Labute approximate surface area is 119 Å². The van der Waals surface area contributed by atoms with Gasteiger partial charge in [-0.1, -0.05) is 0 Å². The molecule has 5 nitrogen and oxygen atoms in total. The van der Waals surface area contributed by atoms with Crippen molar-refractivity contribution in [2.45, 2.75) is 25.3 Å². The zero-order valence-corrected chi connectivity index (χ0v) is 11.3. The van der Waals surface area contributed by atoms with Crippen molar-refractivity contribution in [3.05, 3.63) is 41.3 Å². The van der Waals surface area contributed by atoms with Crippen LogP contribution in [0.5, 0.6) is 0 Å². The molecule has 0 bridgehead atoms. The van der Waals surface area contributed by atoms with Crippen LogP contribution < -0.4 is 5.32 Å². The lowest BCUT2D eigenvalue weighted by atomic mass is 10.1.